The molecule has 42 heavy (non-hydrogen) atoms. The average Bonchev–Trinajstić information content (AvgIpc) is 3.29. The first kappa shape index (κ1) is 28.9. The summed E-state index contributed by atoms with van der Waals surface area (Å²) in [5.41, 5.74) is 3.13. The SMILES string of the molecule is COc1ccc(C2C(C(=O)OC(C)C)=C(C)N=c3sc(=Cc4ccc(OCc5ccccc5)c(OC)c4)c(=O)n32)cc1. The predicted octanol–water partition coefficient (Wildman–Crippen LogP) is 4.78. The molecule has 1 aliphatic rings. The van der Waals surface area contributed by atoms with Gasteiger partial charge in [-0.05, 0) is 67.8 Å². The number of ether oxygens (including phenoxy) is 4. The standard InChI is InChI=1S/C33H32N2O6S/c1-20(2)41-32(37)29-21(3)34-33-35(30(29)24-12-14-25(38-4)15-13-24)31(36)28(42-33)18-23-11-16-26(27(17-23)39-5)40-19-22-9-7-6-8-10-22/h6-18,20,30H,19H2,1-5H3. The van der Waals surface area contributed by atoms with Gasteiger partial charge in [0, 0.05) is 0 Å². The summed E-state index contributed by atoms with van der Waals surface area (Å²) in [6.45, 7) is 5.75. The summed E-state index contributed by atoms with van der Waals surface area (Å²) in [6.07, 6.45) is 1.47. The maximum Gasteiger partial charge on any atom is 0.338 e. The lowest BCUT2D eigenvalue weighted by atomic mass is 9.96. The van der Waals surface area contributed by atoms with Crippen LogP contribution in [0.5, 0.6) is 17.2 Å². The van der Waals surface area contributed by atoms with E-state index in [2.05, 4.69) is 4.99 Å². The Morgan fingerprint density at radius 3 is 2.40 bits per heavy atom. The van der Waals surface area contributed by atoms with Gasteiger partial charge in [0.15, 0.2) is 16.3 Å². The number of hydrogen-bond donors (Lipinski definition) is 0. The van der Waals surface area contributed by atoms with Crippen LogP contribution in [0.15, 0.2) is 93.9 Å². The van der Waals surface area contributed by atoms with E-state index in [1.165, 1.54) is 11.3 Å². The Bertz CT molecular complexity index is 1800. The van der Waals surface area contributed by atoms with E-state index in [9.17, 15) is 9.59 Å². The molecule has 5 rings (SSSR count). The summed E-state index contributed by atoms with van der Waals surface area (Å²) in [6, 6.07) is 22.0. The number of carbonyl (C=O) groups is 1. The summed E-state index contributed by atoms with van der Waals surface area (Å²) < 4.78 is 24.5. The molecule has 0 saturated carbocycles. The molecule has 1 aromatic heterocycles. The van der Waals surface area contributed by atoms with Crippen molar-refractivity contribution < 1.29 is 23.7 Å². The molecule has 2 heterocycles. The monoisotopic (exact) mass is 584 g/mol. The van der Waals surface area contributed by atoms with Crippen molar-refractivity contribution in [2.24, 2.45) is 4.99 Å². The van der Waals surface area contributed by atoms with E-state index < -0.39 is 12.0 Å². The molecule has 0 bridgehead atoms. The van der Waals surface area contributed by atoms with Gasteiger partial charge in [-0.3, -0.25) is 9.36 Å². The second kappa shape index (κ2) is 12.5. The van der Waals surface area contributed by atoms with Crippen LogP contribution in [0.4, 0.5) is 0 Å². The number of methoxy groups -OCH3 is 2. The molecule has 4 aromatic rings. The molecule has 0 aliphatic carbocycles. The number of nitrogens with zero attached hydrogens (tertiary/aromatic N) is 2. The zero-order valence-corrected chi connectivity index (χ0v) is 24.9. The van der Waals surface area contributed by atoms with Gasteiger partial charge in [0.2, 0.25) is 0 Å². The number of rotatable bonds is 9. The molecule has 1 unspecified atom stereocenters. The van der Waals surface area contributed by atoms with Crippen molar-refractivity contribution in [2.75, 3.05) is 14.2 Å². The van der Waals surface area contributed by atoms with E-state index in [0.717, 1.165) is 16.7 Å². The summed E-state index contributed by atoms with van der Waals surface area (Å²) in [5.74, 6) is 1.32. The molecular weight excluding hydrogens is 552 g/mol. The van der Waals surface area contributed by atoms with Crippen molar-refractivity contribution in [2.45, 2.75) is 39.5 Å². The second-order valence-corrected chi connectivity index (χ2v) is 11.0. The van der Waals surface area contributed by atoms with Crippen LogP contribution < -0.4 is 29.1 Å². The third kappa shape index (κ3) is 6.01. The van der Waals surface area contributed by atoms with Crippen LogP contribution in [0.1, 0.15) is 43.5 Å². The van der Waals surface area contributed by atoms with Gasteiger partial charge in [-0.1, -0.05) is 59.9 Å². The van der Waals surface area contributed by atoms with E-state index >= 15 is 0 Å². The van der Waals surface area contributed by atoms with Crippen molar-refractivity contribution in [3.63, 3.8) is 0 Å². The number of thiazole rings is 1. The van der Waals surface area contributed by atoms with Crippen LogP contribution in [0.3, 0.4) is 0 Å². The summed E-state index contributed by atoms with van der Waals surface area (Å²) >= 11 is 1.26. The Labute approximate surface area is 247 Å². The number of benzene rings is 3. The Morgan fingerprint density at radius 1 is 1.00 bits per heavy atom. The minimum Gasteiger partial charge on any atom is -0.497 e. The van der Waals surface area contributed by atoms with Crippen molar-refractivity contribution in [3.8, 4) is 17.2 Å². The Morgan fingerprint density at radius 2 is 1.74 bits per heavy atom. The smallest absolute Gasteiger partial charge is 0.338 e. The molecule has 0 saturated heterocycles. The first-order valence-electron chi connectivity index (χ1n) is 13.5. The highest BCUT2D eigenvalue weighted by Crippen LogP contribution is 2.32. The van der Waals surface area contributed by atoms with Crippen LogP contribution in [-0.4, -0.2) is 30.9 Å². The van der Waals surface area contributed by atoms with Crippen molar-refractivity contribution in [3.05, 3.63) is 120 Å². The fourth-order valence-electron chi connectivity index (χ4n) is 4.74. The molecule has 0 spiro atoms. The van der Waals surface area contributed by atoms with Crippen molar-refractivity contribution in [1.82, 2.24) is 4.57 Å². The van der Waals surface area contributed by atoms with Gasteiger partial charge in [0.05, 0.1) is 42.2 Å². The van der Waals surface area contributed by atoms with E-state index in [4.69, 9.17) is 18.9 Å². The van der Waals surface area contributed by atoms with Crippen LogP contribution in [-0.2, 0) is 16.1 Å². The van der Waals surface area contributed by atoms with Crippen LogP contribution >= 0.6 is 11.3 Å². The topological polar surface area (TPSA) is 88.4 Å². The zero-order chi connectivity index (χ0) is 29.8. The third-order valence-electron chi connectivity index (χ3n) is 6.74. The molecule has 216 valence electrons. The molecule has 0 fully saturated rings. The lowest BCUT2D eigenvalue weighted by molar-refractivity contribution is -0.143. The molecular formula is C33H32N2O6S. The zero-order valence-electron chi connectivity index (χ0n) is 24.1. The van der Waals surface area contributed by atoms with Gasteiger partial charge in [-0.25, -0.2) is 9.79 Å². The van der Waals surface area contributed by atoms with Gasteiger partial charge in [0.25, 0.3) is 5.56 Å². The van der Waals surface area contributed by atoms with Crippen molar-refractivity contribution in [1.29, 1.82) is 0 Å². The molecule has 1 atom stereocenters. The van der Waals surface area contributed by atoms with E-state index in [1.54, 1.807) is 57.8 Å². The van der Waals surface area contributed by atoms with E-state index in [-0.39, 0.29) is 11.7 Å². The fourth-order valence-corrected chi connectivity index (χ4v) is 5.79. The van der Waals surface area contributed by atoms with E-state index in [0.29, 0.717) is 44.5 Å². The minimum absolute atomic E-state index is 0.259. The second-order valence-electron chi connectivity index (χ2n) is 9.99. The van der Waals surface area contributed by atoms with Gasteiger partial charge in [-0.15, -0.1) is 0 Å². The quantitative estimate of drug-likeness (QED) is 0.263. The lowest BCUT2D eigenvalue weighted by Crippen LogP contribution is -2.40. The third-order valence-corrected chi connectivity index (χ3v) is 7.72. The van der Waals surface area contributed by atoms with Gasteiger partial charge in [-0.2, -0.15) is 0 Å². The number of hydrogen-bond acceptors (Lipinski definition) is 8. The maximum absolute atomic E-state index is 13.9. The molecule has 9 heteroatoms. The number of esters is 1. The summed E-state index contributed by atoms with van der Waals surface area (Å²) in [4.78, 5) is 32.4. The Kier molecular flexibility index (Phi) is 8.59. The number of allylic oxidation sites excluding steroid dienone is 1. The molecule has 0 amide bonds. The molecule has 1 aliphatic heterocycles. The van der Waals surface area contributed by atoms with Gasteiger partial charge < -0.3 is 18.9 Å². The summed E-state index contributed by atoms with van der Waals surface area (Å²) in [7, 11) is 3.17. The minimum atomic E-state index is -0.705. The van der Waals surface area contributed by atoms with Crippen LogP contribution in [0, 0.1) is 0 Å². The first-order chi connectivity index (χ1) is 20.3. The highest BCUT2D eigenvalue weighted by atomic mass is 32.1. The molecule has 0 radical (unpaired) electrons. The fraction of sp³-hybridized carbons (Fsp3) is 0.242. The highest BCUT2D eigenvalue weighted by Gasteiger charge is 2.33. The molecule has 3 aromatic carbocycles. The van der Waals surface area contributed by atoms with Gasteiger partial charge >= 0.3 is 5.97 Å². The average molecular weight is 585 g/mol. The van der Waals surface area contributed by atoms with Gasteiger partial charge in [0.1, 0.15) is 12.4 Å². The van der Waals surface area contributed by atoms with E-state index in [1.807, 2.05) is 60.7 Å². The lowest BCUT2D eigenvalue weighted by Gasteiger charge is -2.25. The normalized spacial score (nSPS) is 14.8. The number of fused-ring (bicyclic) bond motifs is 1. The predicted molar refractivity (Wildman–Crippen MR) is 162 cm³/mol. The number of carbonyl (C=O) groups excluding carboxylic acids is 1. The first-order valence-corrected chi connectivity index (χ1v) is 14.3. The van der Waals surface area contributed by atoms with Crippen LogP contribution in [0.2, 0.25) is 0 Å². The molecule has 0 N–H and O–H groups in total. The molecule has 8 nitrogen and oxygen atoms in total. The van der Waals surface area contributed by atoms with Crippen LogP contribution in [0.25, 0.3) is 6.08 Å². The van der Waals surface area contributed by atoms with Crippen molar-refractivity contribution >= 4 is 23.4 Å². The maximum atomic E-state index is 13.9. The largest absolute Gasteiger partial charge is 0.497 e. The highest BCUT2D eigenvalue weighted by molar-refractivity contribution is 7.07. The number of aromatic nitrogens is 1. The Hall–Kier alpha value is -4.63. The Balaban J connectivity index is 1.55. The summed E-state index contributed by atoms with van der Waals surface area (Å²) in [5, 5.41) is 0.